The highest BCUT2D eigenvalue weighted by atomic mass is 32.1. The molecule has 3 aromatic rings. The predicted octanol–water partition coefficient (Wildman–Crippen LogP) is 2.42. The van der Waals surface area contributed by atoms with Crippen LogP contribution in [0.3, 0.4) is 0 Å². The lowest BCUT2D eigenvalue weighted by Gasteiger charge is -2.05. The molecule has 7 heteroatoms. The van der Waals surface area contributed by atoms with Crippen LogP contribution in [0.5, 0.6) is 0 Å². The number of unbranched alkanes of at least 4 members (excludes halogenated alkanes) is 1. The monoisotopic (exact) mass is 290 g/mol. The molecule has 1 N–H and O–H groups in total. The number of fused-ring (bicyclic) bond motifs is 1. The topological polar surface area (TPSA) is 56.4 Å². The molecule has 3 aromatic heterocycles. The lowest BCUT2D eigenvalue weighted by Crippen LogP contribution is -2.04. The van der Waals surface area contributed by atoms with Crippen LogP contribution in [0.4, 0.5) is 0 Å². The van der Waals surface area contributed by atoms with Gasteiger partial charge in [0, 0.05) is 32.5 Å². The highest BCUT2D eigenvalue weighted by Gasteiger charge is 2.11. The molecule has 0 saturated carbocycles. The molecule has 3 rings (SSSR count). The van der Waals surface area contributed by atoms with Crippen LogP contribution in [0, 0.1) is 11.7 Å². The molecule has 20 heavy (non-hydrogen) atoms. The summed E-state index contributed by atoms with van der Waals surface area (Å²) in [5.74, 6) is 0. The number of aromatic amines is 1. The van der Waals surface area contributed by atoms with Gasteiger partial charge in [0.25, 0.3) is 0 Å². The largest absolute Gasteiger partial charge is 0.337 e. The first kappa shape index (κ1) is 13.1. The zero-order chi connectivity index (χ0) is 14.1. The highest BCUT2D eigenvalue weighted by molar-refractivity contribution is 7.71. The van der Waals surface area contributed by atoms with E-state index >= 15 is 0 Å². The van der Waals surface area contributed by atoms with Crippen molar-refractivity contribution in [3.05, 3.63) is 29.2 Å². The van der Waals surface area contributed by atoms with E-state index in [1.54, 1.807) is 0 Å². The number of nitrogens with one attached hydrogen (secondary N) is 1. The van der Waals surface area contributed by atoms with Crippen LogP contribution in [-0.4, -0.2) is 28.9 Å². The Morgan fingerprint density at radius 1 is 1.30 bits per heavy atom. The third-order valence-corrected chi connectivity index (χ3v) is 3.85. The molecule has 106 valence electrons. The number of nitrogens with zero attached hydrogens (tertiary/aromatic N) is 5. The van der Waals surface area contributed by atoms with E-state index in [2.05, 4.69) is 24.2 Å². The van der Waals surface area contributed by atoms with E-state index in [0.717, 1.165) is 47.6 Å². The first-order valence-corrected chi connectivity index (χ1v) is 7.15. The summed E-state index contributed by atoms with van der Waals surface area (Å²) in [5.41, 5.74) is 3.12. The van der Waals surface area contributed by atoms with Gasteiger partial charge >= 0.3 is 0 Å². The fourth-order valence-corrected chi connectivity index (χ4v) is 2.84. The van der Waals surface area contributed by atoms with Gasteiger partial charge < -0.3 is 14.1 Å². The molecule has 0 aromatic carbocycles. The smallest absolute Gasteiger partial charge is 0.179 e. The van der Waals surface area contributed by atoms with E-state index in [1.165, 1.54) is 0 Å². The molecular formula is C13H18N6S. The first-order valence-electron chi connectivity index (χ1n) is 6.74. The Bertz CT molecular complexity index is 761. The summed E-state index contributed by atoms with van der Waals surface area (Å²) in [6.07, 6.45) is 7.82. The zero-order valence-corrected chi connectivity index (χ0v) is 12.5. The molecule has 0 amide bonds. The van der Waals surface area contributed by atoms with Gasteiger partial charge in [0.15, 0.2) is 10.4 Å². The fraction of sp³-hybridized carbons (Fsp3) is 0.462. The van der Waals surface area contributed by atoms with E-state index in [0.29, 0.717) is 0 Å². The number of aryl methyl sites for hydroxylation is 4. The molecule has 0 spiro atoms. The lowest BCUT2D eigenvalue weighted by molar-refractivity contribution is 0.549. The Labute approximate surface area is 122 Å². The van der Waals surface area contributed by atoms with Gasteiger partial charge in [0.2, 0.25) is 0 Å². The van der Waals surface area contributed by atoms with Crippen LogP contribution in [-0.2, 0) is 20.1 Å². The van der Waals surface area contributed by atoms with E-state index in [4.69, 9.17) is 12.2 Å². The molecule has 0 aliphatic rings. The van der Waals surface area contributed by atoms with Gasteiger partial charge in [-0.15, -0.1) is 0 Å². The minimum Gasteiger partial charge on any atom is -0.337 e. The van der Waals surface area contributed by atoms with Crippen molar-refractivity contribution < 1.29 is 0 Å². The second-order valence-corrected chi connectivity index (χ2v) is 5.38. The quantitative estimate of drug-likeness (QED) is 0.580. The van der Waals surface area contributed by atoms with Crippen molar-refractivity contribution in [2.75, 3.05) is 0 Å². The number of hydrogen-bond acceptors (Lipinski definition) is 3. The maximum atomic E-state index is 5.41. The van der Waals surface area contributed by atoms with Gasteiger partial charge in [-0.05, 0) is 32.0 Å². The Hall–Kier alpha value is -1.89. The van der Waals surface area contributed by atoms with Crippen LogP contribution >= 0.6 is 12.2 Å². The van der Waals surface area contributed by atoms with Crippen LogP contribution in [0.15, 0.2) is 18.7 Å². The number of hydrogen-bond donors (Lipinski definition) is 1. The molecule has 0 atom stereocenters. The molecule has 0 fully saturated rings. The molecule has 0 saturated heterocycles. The summed E-state index contributed by atoms with van der Waals surface area (Å²) in [7, 11) is 1.96. The molecular weight excluding hydrogens is 272 g/mol. The zero-order valence-electron chi connectivity index (χ0n) is 11.7. The lowest BCUT2D eigenvalue weighted by atomic mass is 10.3. The summed E-state index contributed by atoms with van der Waals surface area (Å²) < 4.78 is 6.91. The second-order valence-electron chi connectivity index (χ2n) is 5.00. The van der Waals surface area contributed by atoms with E-state index in [9.17, 15) is 0 Å². The van der Waals surface area contributed by atoms with E-state index < -0.39 is 0 Å². The SMILES string of the molecule is Cc1nn(C)c2c1[nH]c(=S)n2CCCCn1ccnc1. The van der Waals surface area contributed by atoms with Crippen LogP contribution < -0.4 is 0 Å². The average Bonchev–Trinajstić information content (AvgIpc) is 3.07. The van der Waals surface area contributed by atoms with Gasteiger partial charge in [0.05, 0.1) is 12.0 Å². The first-order chi connectivity index (χ1) is 9.66. The van der Waals surface area contributed by atoms with Gasteiger partial charge in [-0.1, -0.05) is 0 Å². The van der Waals surface area contributed by atoms with E-state index in [1.807, 2.05) is 37.4 Å². The summed E-state index contributed by atoms with van der Waals surface area (Å²) in [6, 6.07) is 0. The molecule has 6 nitrogen and oxygen atoms in total. The maximum Gasteiger partial charge on any atom is 0.179 e. The van der Waals surface area contributed by atoms with Gasteiger partial charge in [0.1, 0.15) is 5.52 Å². The fourth-order valence-electron chi connectivity index (χ4n) is 2.56. The predicted molar refractivity (Wildman–Crippen MR) is 80.1 cm³/mol. The third kappa shape index (κ3) is 2.29. The molecule has 0 unspecified atom stereocenters. The Kier molecular flexibility index (Phi) is 3.43. The Morgan fingerprint density at radius 3 is 2.85 bits per heavy atom. The number of aromatic nitrogens is 6. The van der Waals surface area contributed by atoms with Crippen molar-refractivity contribution in [2.24, 2.45) is 7.05 Å². The normalized spacial score (nSPS) is 11.5. The molecule has 0 aliphatic carbocycles. The summed E-state index contributed by atoms with van der Waals surface area (Å²) in [5, 5.41) is 4.43. The Balaban J connectivity index is 1.71. The van der Waals surface area contributed by atoms with Crippen molar-refractivity contribution in [1.29, 1.82) is 0 Å². The number of rotatable bonds is 5. The van der Waals surface area contributed by atoms with Crippen LogP contribution in [0.1, 0.15) is 18.5 Å². The average molecular weight is 290 g/mol. The molecule has 3 heterocycles. The van der Waals surface area contributed by atoms with Gasteiger partial charge in [-0.25, -0.2) is 4.98 Å². The van der Waals surface area contributed by atoms with E-state index in [-0.39, 0.29) is 0 Å². The van der Waals surface area contributed by atoms with Gasteiger partial charge in [-0.2, -0.15) is 5.10 Å². The molecule has 0 bridgehead atoms. The summed E-state index contributed by atoms with van der Waals surface area (Å²) >= 11 is 5.41. The molecule has 0 aliphatic heterocycles. The second kappa shape index (κ2) is 5.24. The third-order valence-electron chi connectivity index (χ3n) is 3.53. The number of imidazole rings is 2. The molecule has 0 radical (unpaired) electrons. The van der Waals surface area contributed by atoms with Crippen LogP contribution in [0.25, 0.3) is 11.2 Å². The van der Waals surface area contributed by atoms with Crippen LogP contribution in [0.2, 0.25) is 0 Å². The summed E-state index contributed by atoms with van der Waals surface area (Å²) in [6.45, 7) is 3.90. The van der Waals surface area contributed by atoms with Crippen molar-refractivity contribution in [3.63, 3.8) is 0 Å². The standard InChI is InChI=1S/C13H18N6S/c1-10-11-12(17(2)16-10)19(13(20)15-11)7-4-3-6-18-8-5-14-9-18/h5,8-9H,3-4,6-7H2,1-2H3,(H,15,20). The summed E-state index contributed by atoms with van der Waals surface area (Å²) in [4.78, 5) is 7.29. The van der Waals surface area contributed by atoms with Crippen molar-refractivity contribution in [2.45, 2.75) is 32.9 Å². The highest BCUT2D eigenvalue weighted by Crippen LogP contribution is 2.17. The van der Waals surface area contributed by atoms with Gasteiger partial charge in [-0.3, -0.25) is 4.68 Å². The Morgan fingerprint density at radius 2 is 2.10 bits per heavy atom. The number of H-pyrrole nitrogens is 1. The minimum absolute atomic E-state index is 0.777. The van der Waals surface area contributed by atoms with Crippen molar-refractivity contribution in [1.82, 2.24) is 28.9 Å². The maximum absolute atomic E-state index is 5.41. The van der Waals surface area contributed by atoms with Crippen molar-refractivity contribution in [3.8, 4) is 0 Å². The van der Waals surface area contributed by atoms with Crippen molar-refractivity contribution >= 4 is 23.4 Å². The minimum atomic E-state index is 0.777.